The largest absolute Gasteiger partial charge is 0.309 e. The van der Waals surface area contributed by atoms with Crippen molar-refractivity contribution in [3.8, 4) is 0 Å². The molecule has 1 aromatic rings. The van der Waals surface area contributed by atoms with Crippen molar-refractivity contribution in [2.75, 3.05) is 11.4 Å². The molecule has 0 bridgehead atoms. The molecule has 1 N–H and O–H groups in total. The van der Waals surface area contributed by atoms with Crippen LogP contribution in [0.4, 0.5) is 5.69 Å². The average Bonchev–Trinajstić information content (AvgIpc) is 2.26. The number of anilines is 1. The Hall–Kier alpha value is -1.06. The molecular weight excluding hydrogens is 248 g/mol. The van der Waals surface area contributed by atoms with Gasteiger partial charge in [0.1, 0.15) is 0 Å². The second kappa shape index (κ2) is 4.56. The van der Waals surface area contributed by atoms with Gasteiger partial charge in [0.05, 0.1) is 6.04 Å². The molecule has 1 amide bonds. The van der Waals surface area contributed by atoms with Gasteiger partial charge in [-0.25, -0.2) is 0 Å². The highest BCUT2D eigenvalue weighted by molar-refractivity contribution is 6.31. The Balaban J connectivity index is 2.41. The minimum atomic E-state index is -0.174. The van der Waals surface area contributed by atoms with Crippen LogP contribution in [0.15, 0.2) is 18.2 Å². The second-order valence-electron chi connectivity index (χ2n) is 5.61. The van der Waals surface area contributed by atoms with E-state index >= 15 is 0 Å². The van der Waals surface area contributed by atoms with Crippen LogP contribution in [0.5, 0.6) is 0 Å². The summed E-state index contributed by atoms with van der Waals surface area (Å²) in [6.45, 7) is 8.75. The van der Waals surface area contributed by atoms with Crippen molar-refractivity contribution in [2.24, 2.45) is 0 Å². The molecule has 1 aliphatic heterocycles. The van der Waals surface area contributed by atoms with Crippen LogP contribution in [-0.2, 0) is 4.79 Å². The highest BCUT2D eigenvalue weighted by atomic mass is 35.5. The number of nitrogens with zero attached hydrogens (tertiary/aromatic N) is 1. The van der Waals surface area contributed by atoms with E-state index < -0.39 is 0 Å². The van der Waals surface area contributed by atoms with Crippen LogP contribution >= 0.6 is 11.6 Å². The monoisotopic (exact) mass is 266 g/mol. The van der Waals surface area contributed by atoms with Gasteiger partial charge in [0.25, 0.3) is 0 Å². The van der Waals surface area contributed by atoms with Gasteiger partial charge in [0.15, 0.2) is 0 Å². The number of benzene rings is 1. The van der Waals surface area contributed by atoms with Crippen LogP contribution in [0.25, 0.3) is 0 Å². The molecule has 1 aromatic carbocycles. The average molecular weight is 267 g/mol. The quantitative estimate of drug-likeness (QED) is 0.848. The van der Waals surface area contributed by atoms with Crippen LogP contribution in [0, 0.1) is 6.92 Å². The maximum atomic E-state index is 12.3. The lowest BCUT2D eigenvalue weighted by atomic mass is 9.97. The number of piperazine rings is 1. The smallest absolute Gasteiger partial charge is 0.243 e. The van der Waals surface area contributed by atoms with Gasteiger partial charge in [0.2, 0.25) is 5.91 Å². The first-order valence-electron chi connectivity index (χ1n) is 6.15. The van der Waals surface area contributed by atoms with Gasteiger partial charge in [0, 0.05) is 22.8 Å². The minimum Gasteiger partial charge on any atom is -0.309 e. The second-order valence-corrected chi connectivity index (χ2v) is 6.04. The zero-order valence-electron chi connectivity index (χ0n) is 11.2. The van der Waals surface area contributed by atoms with E-state index in [1.807, 2.05) is 36.9 Å². The Labute approximate surface area is 113 Å². The number of nitrogens with one attached hydrogen (secondary N) is 1. The van der Waals surface area contributed by atoms with Crippen molar-refractivity contribution in [2.45, 2.75) is 39.3 Å². The summed E-state index contributed by atoms with van der Waals surface area (Å²) in [5, 5.41) is 3.97. The molecule has 0 aliphatic carbocycles. The van der Waals surface area contributed by atoms with E-state index in [0.717, 1.165) is 11.3 Å². The van der Waals surface area contributed by atoms with E-state index in [0.29, 0.717) is 11.6 Å². The van der Waals surface area contributed by atoms with E-state index in [4.69, 9.17) is 11.6 Å². The molecule has 4 heteroatoms. The lowest BCUT2D eigenvalue weighted by Crippen LogP contribution is -2.64. The number of carbonyl (C=O) groups is 1. The minimum absolute atomic E-state index is 0.0952. The molecule has 1 saturated heterocycles. The number of halogens is 1. The summed E-state index contributed by atoms with van der Waals surface area (Å²) in [6.07, 6.45) is 0. The number of hydrogen-bond acceptors (Lipinski definition) is 2. The van der Waals surface area contributed by atoms with Gasteiger partial charge >= 0.3 is 0 Å². The fraction of sp³-hybridized carbons (Fsp3) is 0.500. The first kappa shape index (κ1) is 13.4. The Bertz CT molecular complexity index is 485. The molecule has 1 fully saturated rings. The number of rotatable bonds is 1. The van der Waals surface area contributed by atoms with Gasteiger partial charge in [-0.15, -0.1) is 0 Å². The van der Waals surface area contributed by atoms with Gasteiger partial charge in [-0.1, -0.05) is 17.7 Å². The number of carbonyl (C=O) groups excluding carboxylic acids is 1. The van der Waals surface area contributed by atoms with Crippen molar-refractivity contribution in [3.05, 3.63) is 28.8 Å². The van der Waals surface area contributed by atoms with E-state index in [-0.39, 0.29) is 17.5 Å². The summed E-state index contributed by atoms with van der Waals surface area (Å²) >= 11 is 6.04. The molecule has 1 heterocycles. The lowest BCUT2D eigenvalue weighted by Gasteiger charge is -2.42. The van der Waals surface area contributed by atoms with E-state index in [1.54, 1.807) is 0 Å². The van der Waals surface area contributed by atoms with Crippen molar-refractivity contribution < 1.29 is 4.79 Å². The first-order chi connectivity index (χ1) is 8.30. The number of hydrogen-bond donors (Lipinski definition) is 1. The van der Waals surface area contributed by atoms with E-state index in [9.17, 15) is 4.79 Å². The summed E-state index contributed by atoms with van der Waals surface area (Å²) in [5.41, 5.74) is 1.88. The van der Waals surface area contributed by atoms with Crippen molar-refractivity contribution in [1.29, 1.82) is 0 Å². The molecule has 3 nitrogen and oxygen atoms in total. The molecule has 98 valence electrons. The molecule has 0 spiro atoms. The molecule has 0 aromatic heterocycles. The van der Waals surface area contributed by atoms with Crippen LogP contribution in [-0.4, -0.2) is 24.0 Å². The van der Waals surface area contributed by atoms with E-state index in [1.165, 1.54) is 0 Å². The molecular formula is C14H19ClN2O. The molecule has 0 radical (unpaired) electrons. The summed E-state index contributed by atoms with van der Waals surface area (Å²) in [6, 6.07) is 5.49. The lowest BCUT2D eigenvalue weighted by molar-refractivity contribution is -0.122. The molecule has 1 aliphatic rings. The molecule has 18 heavy (non-hydrogen) atoms. The fourth-order valence-corrected chi connectivity index (χ4v) is 2.64. The third-order valence-electron chi connectivity index (χ3n) is 3.26. The Morgan fingerprint density at radius 2 is 2.11 bits per heavy atom. The highest BCUT2D eigenvalue weighted by Gasteiger charge is 2.36. The Kier molecular flexibility index (Phi) is 3.39. The summed E-state index contributed by atoms with van der Waals surface area (Å²) in [7, 11) is 0. The first-order valence-corrected chi connectivity index (χ1v) is 6.53. The maximum Gasteiger partial charge on any atom is 0.243 e. The van der Waals surface area contributed by atoms with Crippen LogP contribution < -0.4 is 10.2 Å². The normalized spacial score (nSPS) is 23.3. The zero-order chi connectivity index (χ0) is 13.5. The van der Waals surface area contributed by atoms with Gasteiger partial charge in [-0.2, -0.15) is 0 Å². The van der Waals surface area contributed by atoms with E-state index in [2.05, 4.69) is 19.2 Å². The van der Waals surface area contributed by atoms with Crippen molar-refractivity contribution in [1.82, 2.24) is 5.32 Å². The van der Waals surface area contributed by atoms with Crippen LogP contribution in [0.1, 0.15) is 26.3 Å². The standard InChI is InChI=1S/C14H19ClN2O/c1-9-5-6-11(15)7-12(9)17-8-14(3,4)16-10(2)13(17)18/h5-7,10,16H,8H2,1-4H3. The summed E-state index contributed by atoms with van der Waals surface area (Å²) in [5.74, 6) is 0.0969. The van der Waals surface area contributed by atoms with Gasteiger partial charge in [-0.05, 0) is 45.4 Å². The number of amides is 1. The van der Waals surface area contributed by atoms with Gasteiger partial charge in [-0.3, -0.25) is 10.1 Å². The predicted molar refractivity (Wildman–Crippen MR) is 75.2 cm³/mol. The molecule has 2 rings (SSSR count). The fourth-order valence-electron chi connectivity index (χ4n) is 2.48. The summed E-state index contributed by atoms with van der Waals surface area (Å²) < 4.78 is 0. The predicted octanol–water partition coefficient (Wildman–Crippen LogP) is 2.75. The van der Waals surface area contributed by atoms with Crippen molar-refractivity contribution in [3.63, 3.8) is 0 Å². The maximum absolute atomic E-state index is 12.3. The van der Waals surface area contributed by atoms with Gasteiger partial charge < -0.3 is 4.90 Å². The Morgan fingerprint density at radius 1 is 1.44 bits per heavy atom. The highest BCUT2D eigenvalue weighted by Crippen LogP contribution is 2.28. The van der Waals surface area contributed by atoms with Crippen LogP contribution in [0.3, 0.4) is 0 Å². The Morgan fingerprint density at radius 3 is 2.78 bits per heavy atom. The topological polar surface area (TPSA) is 32.3 Å². The third-order valence-corrected chi connectivity index (χ3v) is 3.49. The zero-order valence-corrected chi connectivity index (χ0v) is 12.0. The molecule has 0 saturated carbocycles. The third kappa shape index (κ3) is 2.52. The van der Waals surface area contributed by atoms with Crippen molar-refractivity contribution >= 4 is 23.2 Å². The molecule has 1 atom stereocenters. The summed E-state index contributed by atoms with van der Waals surface area (Å²) in [4.78, 5) is 14.1. The molecule has 1 unspecified atom stereocenters. The number of aryl methyl sites for hydroxylation is 1. The van der Waals surface area contributed by atoms with Crippen LogP contribution in [0.2, 0.25) is 5.02 Å². The SMILES string of the molecule is Cc1ccc(Cl)cc1N1CC(C)(C)NC(C)C1=O.